The largest absolute Gasteiger partial charge is 0.456 e. The van der Waals surface area contributed by atoms with E-state index in [4.69, 9.17) is 19.4 Å². The zero-order chi connectivity index (χ0) is 24.1. The summed E-state index contributed by atoms with van der Waals surface area (Å²) >= 11 is 0. The van der Waals surface area contributed by atoms with E-state index in [1.165, 1.54) is 21.9 Å². The van der Waals surface area contributed by atoms with Crippen molar-refractivity contribution in [1.82, 2.24) is 15.0 Å². The molecule has 2 heterocycles. The molecular weight excluding hydrogens is 442 g/mol. The molecule has 0 saturated carbocycles. The second kappa shape index (κ2) is 8.28. The molecule has 0 fully saturated rings. The zero-order valence-electron chi connectivity index (χ0n) is 19.9. The Bertz CT molecular complexity index is 1730. The van der Waals surface area contributed by atoms with E-state index in [0.717, 1.165) is 46.3 Å². The molecule has 4 nitrogen and oxygen atoms in total. The van der Waals surface area contributed by atoms with Crippen LogP contribution in [0.2, 0.25) is 0 Å². The van der Waals surface area contributed by atoms with Crippen molar-refractivity contribution in [2.75, 3.05) is 0 Å². The summed E-state index contributed by atoms with van der Waals surface area (Å²) in [4.78, 5) is 14.8. The third-order valence-corrected chi connectivity index (χ3v) is 6.94. The molecule has 0 saturated heterocycles. The first-order chi connectivity index (χ1) is 17.8. The number of furan rings is 1. The Hall–Kier alpha value is -4.57. The van der Waals surface area contributed by atoms with Crippen molar-refractivity contribution in [3.8, 4) is 34.2 Å². The van der Waals surface area contributed by atoms with E-state index in [-0.39, 0.29) is 0 Å². The van der Waals surface area contributed by atoms with Crippen molar-refractivity contribution in [2.45, 2.75) is 19.8 Å². The SMILES string of the molecule is CC1=CCCc2c1oc1cc(-c3nc(-c4ccccc4)nc(-c4ccccc4)n3)c3ccccc3c21. The zero-order valence-corrected chi connectivity index (χ0v) is 19.9. The van der Waals surface area contributed by atoms with E-state index in [1.54, 1.807) is 0 Å². The highest BCUT2D eigenvalue weighted by Gasteiger charge is 2.23. The Morgan fingerprint density at radius 2 is 1.25 bits per heavy atom. The molecule has 0 amide bonds. The molecule has 36 heavy (non-hydrogen) atoms. The third-order valence-electron chi connectivity index (χ3n) is 6.94. The fourth-order valence-electron chi connectivity index (χ4n) is 5.22. The fraction of sp³-hybridized carbons (Fsp3) is 0.0938. The summed E-state index contributed by atoms with van der Waals surface area (Å²) < 4.78 is 6.46. The van der Waals surface area contributed by atoms with Crippen LogP contribution >= 0.6 is 0 Å². The molecule has 0 N–H and O–H groups in total. The first-order valence-electron chi connectivity index (χ1n) is 12.3. The molecule has 4 heteroatoms. The highest BCUT2D eigenvalue weighted by molar-refractivity contribution is 6.14. The van der Waals surface area contributed by atoms with E-state index in [1.807, 2.05) is 60.7 Å². The number of allylic oxidation sites excluding steroid dienone is 2. The van der Waals surface area contributed by atoms with Crippen molar-refractivity contribution < 1.29 is 4.42 Å². The highest BCUT2D eigenvalue weighted by atomic mass is 16.3. The van der Waals surface area contributed by atoms with Gasteiger partial charge in [-0.15, -0.1) is 0 Å². The maximum absolute atomic E-state index is 6.46. The van der Waals surface area contributed by atoms with E-state index in [2.05, 4.69) is 43.3 Å². The van der Waals surface area contributed by atoms with Gasteiger partial charge < -0.3 is 4.42 Å². The van der Waals surface area contributed by atoms with Crippen LogP contribution in [0.5, 0.6) is 0 Å². The van der Waals surface area contributed by atoms with Gasteiger partial charge in [-0.1, -0.05) is 91.0 Å². The minimum absolute atomic E-state index is 0.641. The van der Waals surface area contributed by atoms with Crippen LogP contribution in [0.25, 0.3) is 61.5 Å². The van der Waals surface area contributed by atoms with Gasteiger partial charge in [0.25, 0.3) is 0 Å². The number of nitrogens with zero attached hydrogens (tertiary/aromatic N) is 3. The topological polar surface area (TPSA) is 51.8 Å². The molecule has 0 spiro atoms. The number of hydrogen-bond acceptors (Lipinski definition) is 4. The van der Waals surface area contributed by atoms with Gasteiger partial charge in [0.1, 0.15) is 11.3 Å². The molecule has 6 aromatic rings. The van der Waals surface area contributed by atoms with Crippen LogP contribution in [0.15, 0.2) is 101 Å². The molecule has 0 aliphatic heterocycles. The minimum Gasteiger partial charge on any atom is -0.456 e. The van der Waals surface area contributed by atoms with Gasteiger partial charge in [-0.2, -0.15) is 0 Å². The molecule has 0 bridgehead atoms. The summed E-state index contributed by atoms with van der Waals surface area (Å²) in [6.45, 7) is 2.13. The standard InChI is InChI=1S/C32H23N3O/c1-20-11-10-18-25-28-24-17-9-8-16-23(24)26(19-27(28)36-29(20)25)32-34-30(21-12-4-2-5-13-21)33-31(35-32)22-14-6-3-7-15-22/h2-9,11-17,19H,10,18H2,1H3. The molecule has 7 rings (SSSR count). The number of hydrogen-bond donors (Lipinski definition) is 0. The highest BCUT2D eigenvalue weighted by Crippen LogP contribution is 2.42. The normalized spacial score (nSPS) is 13.1. The lowest BCUT2D eigenvalue weighted by Gasteiger charge is -2.12. The predicted molar refractivity (Wildman–Crippen MR) is 145 cm³/mol. The van der Waals surface area contributed by atoms with Gasteiger partial charge >= 0.3 is 0 Å². The smallest absolute Gasteiger partial charge is 0.164 e. The van der Waals surface area contributed by atoms with E-state index in [0.29, 0.717) is 17.5 Å². The van der Waals surface area contributed by atoms with Gasteiger partial charge in [0.15, 0.2) is 17.5 Å². The minimum atomic E-state index is 0.641. The Labute approximate surface area is 209 Å². The monoisotopic (exact) mass is 465 g/mol. The molecule has 0 radical (unpaired) electrons. The lowest BCUT2D eigenvalue weighted by atomic mass is 9.92. The molecular formula is C32H23N3O. The Morgan fingerprint density at radius 1 is 0.667 bits per heavy atom. The molecule has 1 aliphatic carbocycles. The van der Waals surface area contributed by atoms with Crippen molar-refractivity contribution in [3.05, 3.63) is 108 Å². The average Bonchev–Trinajstić information content (AvgIpc) is 3.33. The van der Waals surface area contributed by atoms with Crippen LogP contribution in [-0.2, 0) is 6.42 Å². The summed E-state index contributed by atoms with van der Waals surface area (Å²) in [6.07, 6.45) is 4.29. The maximum Gasteiger partial charge on any atom is 0.164 e. The number of benzene rings is 4. The van der Waals surface area contributed by atoms with E-state index < -0.39 is 0 Å². The van der Waals surface area contributed by atoms with Gasteiger partial charge in [-0.3, -0.25) is 0 Å². The lowest BCUT2D eigenvalue weighted by Crippen LogP contribution is -2.00. The molecule has 172 valence electrons. The van der Waals surface area contributed by atoms with Crippen LogP contribution in [0.1, 0.15) is 24.7 Å². The number of fused-ring (bicyclic) bond motifs is 5. The summed E-state index contributed by atoms with van der Waals surface area (Å²) in [5.74, 6) is 2.95. The van der Waals surface area contributed by atoms with Gasteiger partial charge in [0.2, 0.25) is 0 Å². The summed E-state index contributed by atoms with van der Waals surface area (Å²) in [5.41, 5.74) is 6.25. The second-order valence-corrected chi connectivity index (χ2v) is 9.22. The Kier molecular flexibility index (Phi) is 4.78. The second-order valence-electron chi connectivity index (χ2n) is 9.22. The van der Waals surface area contributed by atoms with E-state index in [9.17, 15) is 0 Å². The average molecular weight is 466 g/mol. The van der Waals surface area contributed by atoms with Crippen LogP contribution in [-0.4, -0.2) is 15.0 Å². The summed E-state index contributed by atoms with van der Waals surface area (Å²) in [6, 6.07) is 30.8. The molecule has 2 aromatic heterocycles. The fourth-order valence-corrected chi connectivity index (χ4v) is 5.22. The third kappa shape index (κ3) is 3.34. The van der Waals surface area contributed by atoms with Crippen LogP contribution in [0.3, 0.4) is 0 Å². The predicted octanol–water partition coefficient (Wildman–Crippen LogP) is 8.12. The van der Waals surface area contributed by atoms with Gasteiger partial charge in [0, 0.05) is 27.6 Å². The molecule has 4 aromatic carbocycles. The molecule has 0 atom stereocenters. The van der Waals surface area contributed by atoms with E-state index >= 15 is 0 Å². The molecule has 0 unspecified atom stereocenters. The van der Waals surface area contributed by atoms with Crippen molar-refractivity contribution >= 4 is 27.3 Å². The van der Waals surface area contributed by atoms with Gasteiger partial charge in [0.05, 0.1) is 0 Å². The lowest BCUT2D eigenvalue weighted by molar-refractivity contribution is 0.590. The quantitative estimate of drug-likeness (QED) is 0.265. The Balaban J connectivity index is 1.54. The van der Waals surface area contributed by atoms with Crippen molar-refractivity contribution in [1.29, 1.82) is 0 Å². The number of aromatic nitrogens is 3. The Morgan fingerprint density at radius 3 is 1.92 bits per heavy atom. The van der Waals surface area contributed by atoms with Crippen LogP contribution in [0, 0.1) is 0 Å². The van der Waals surface area contributed by atoms with Crippen molar-refractivity contribution in [2.24, 2.45) is 0 Å². The number of aryl methyl sites for hydroxylation is 1. The van der Waals surface area contributed by atoms with Gasteiger partial charge in [-0.05, 0) is 42.2 Å². The van der Waals surface area contributed by atoms with Crippen molar-refractivity contribution in [3.63, 3.8) is 0 Å². The summed E-state index contributed by atoms with van der Waals surface area (Å²) in [7, 11) is 0. The molecule has 1 aliphatic rings. The maximum atomic E-state index is 6.46. The summed E-state index contributed by atoms with van der Waals surface area (Å²) in [5, 5.41) is 3.50. The number of rotatable bonds is 3. The van der Waals surface area contributed by atoms with Crippen LogP contribution in [0.4, 0.5) is 0 Å². The first kappa shape index (κ1) is 20.8. The first-order valence-corrected chi connectivity index (χ1v) is 12.3. The van der Waals surface area contributed by atoms with Crippen LogP contribution < -0.4 is 0 Å². The van der Waals surface area contributed by atoms with Gasteiger partial charge in [-0.25, -0.2) is 15.0 Å².